The molecule has 1 aliphatic rings. The van der Waals surface area contributed by atoms with Crippen molar-refractivity contribution >= 4 is 14.0 Å². The highest BCUT2D eigenvalue weighted by Crippen LogP contribution is 2.55. The molecular formula is C16H22O2Si. The highest BCUT2D eigenvalue weighted by molar-refractivity contribution is 6.80. The third kappa shape index (κ3) is 3.35. The van der Waals surface area contributed by atoms with E-state index in [2.05, 4.69) is 43.5 Å². The molecule has 0 amide bonds. The Bertz CT molecular complexity index is 473. The van der Waals surface area contributed by atoms with Gasteiger partial charge in [-0.15, -0.1) is 0 Å². The van der Waals surface area contributed by atoms with Crippen LogP contribution in [-0.4, -0.2) is 21.2 Å². The number of esters is 1. The lowest BCUT2D eigenvalue weighted by atomic mass is 10.1. The largest absolute Gasteiger partial charge is 0.469 e. The first kappa shape index (κ1) is 14.1. The first-order valence-corrected chi connectivity index (χ1v) is 10.3. The Hall–Kier alpha value is -1.35. The predicted octanol–water partition coefficient (Wildman–Crippen LogP) is 3.62. The quantitative estimate of drug-likeness (QED) is 0.619. The van der Waals surface area contributed by atoms with E-state index < -0.39 is 8.07 Å². The first-order chi connectivity index (χ1) is 8.94. The number of benzene rings is 1. The first-order valence-electron chi connectivity index (χ1n) is 6.76. The highest BCUT2D eigenvalue weighted by atomic mass is 28.3. The van der Waals surface area contributed by atoms with Gasteiger partial charge >= 0.3 is 5.97 Å². The smallest absolute Gasteiger partial charge is 0.309 e. The van der Waals surface area contributed by atoms with E-state index in [-0.39, 0.29) is 11.9 Å². The van der Waals surface area contributed by atoms with Crippen LogP contribution in [0, 0.1) is 11.8 Å². The zero-order valence-electron chi connectivity index (χ0n) is 12.1. The third-order valence-corrected chi connectivity index (χ3v) is 4.74. The molecule has 19 heavy (non-hydrogen) atoms. The molecule has 0 N–H and O–H groups in total. The average molecular weight is 274 g/mol. The van der Waals surface area contributed by atoms with E-state index in [0.29, 0.717) is 11.8 Å². The molecule has 1 fully saturated rings. The van der Waals surface area contributed by atoms with Gasteiger partial charge in [-0.1, -0.05) is 61.7 Å². The van der Waals surface area contributed by atoms with Crippen LogP contribution in [0.4, 0.5) is 0 Å². The van der Waals surface area contributed by atoms with Gasteiger partial charge in [-0.05, 0) is 11.5 Å². The zero-order chi connectivity index (χ0) is 14.0. The molecular weight excluding hydrogens is 252 g/mol. The van der Waals surface area contributed by atoms with Crippen LogP contribution in [0.5, 0.6) is 0 Å². The fraction of sp³-hybridized carbons (Fsp3) is 0.438. The van der Waals surface area contributed by atoms with Crippen LogP contribution >= 0.6 is 0 Å². The second-order valence-electron chi connectivity index (χ2n) is 6.29. The lowest BCUT2D eigenvalue weighted by molar-refractivity contribution is -0.142. The molecule has 1 aromatic carbocycles. The molecule has 0 aliphatic heterocycles. The van der Waals surface area contributed by atoms with Gasteiger partial charge in [0.05, 0.1) is 21.1 Å². The maximum absolute atomic E-state index is 11.8. The lowest BCUT2D eigenvalue weighted by Gasteiger charge is -2.07. The molecule has 1 aromatic rings. The summed E-state index contributed by atoms with van der Waals surface area (Å²) in [5, 5.41) is 0. The Morgan fingerprint density at radius 3 is 2.37 bits per heavy atom. The maximum Gasteiger partial charge on any atom is 0.309 e. The van der Waals surface area contributed by atoms with Gasteiger partial charge in [0, 0.05) is 5.92 Å². The van der Waals surface area contributed by atoms with Crippen molar-refractivity contribution in [3.05, 3.63) is 47.7 Å². The van der Waals surface area contributed by atoms with Crippen molar-refractivity contribution in [1.29, 1.82) is 0 Å². The van der Waals surface area contributed by atoms with Crippen LogP contribution in [0.25, 0.3) is 0 Å². The van der Waals surface area contributed by atoms with Crippen LogP contribution < -0.4 is 0 Å². The lowest BCUT2D eigenvalue weighted by Crippen LogP contribution is -2.15. The Balaban J connectivity index is 2.18. The number of rotatable bonds is 4. The van der Waals surface area contributed by atoms with Crippen LogP contribution in [0.3, 0.4) is 0 Å². The Morgan fingerprint density at radius 2 is 1.84 bits per heavy atom. The third-order valence-electron chi connectivity index (χ3n) is 3.55. The Labute approximate surface area is 116 Å². The van der Waals surface area contributed by atoms with Gasteiger partial charge in [0.15, 0.2) is 0 Å². The monoisotopic (exact) mass is 274 g/mol. The molecule has 3 heteroatoms. The predicted molar refractivity (Wildman–Crippen MR) is 80.7 cm³/mol. The van der Waals surface area contributed by atoms with Crippen LogP contribution in [0.1, 0.15) is 11.5 Å². The summed E-state index contributed by atoms with van der Waals surface area (Å²) in [6.45, 7) is 6.91. The molecule has 0 saturated heterocycles. The molecule has 0 bridgehead atoms. The normalized spacial score (nSPS) is 26.4. The summed E-state index contributed by atoms with van der Waals surface area (Å²) >= 11 is 0. The molecule has 2 nitrogen and oxygen atoms in total. The van der Waals surface area contributed by atoms with Gasteiger partial charge in [0.1, 0.15) is 0 Å². The van der Waals surface area contributed by atoms with Crippen LogP contribution in [0.2, 0.25) is 19.6 Å². The van der Waals surface area contributed by atoms with Crippen LogP contribution in [0.15, 0.2) is 42.1 Å². The summed E-state index contributed by atoms with van der Waals surface area (Å²) in [6, 6.07) is 10.3. The summed E-state index contributed by atoms with van der Waals surface area (Å²) in [6.07, 6.45) is 2.24. The van der Waals surface area contributed by atoms with Crippen molar-refractivity contribution in [2.75, 3.05) is 7.11 Å². The van der Waals surface area contributed by atoms with Crippen molar-refractivity contribution in [3.63, 3.8) is 0 Å². The fourth-order valence-corrected chi connectivity index (χ4v) is 3.32. The molecule has 2 rings (SSSR count). The molecule has 3 atom stereocenters. The van der Waals surface area contributed by atoms with Crippen molar-refractivity contribution in [1.82, 2.24) is 0 Å². The summed E-state index contributed by atoms with van der Waals surface area (Å²) in [4.78, 5) is 11.8. The Morgan fingerprint density at radius 1 is 1.21 bits per heavy atom. The Kier molecular flexibility index (Phi) is 3.95. The van der Waals surface area contributed by atoms with E-state index in [1.165, 1.54) is 12.7 Å². The van der Waals surface area contributed by atoms with Crippen molar-refractivity contribution in [3.8, 4) is 0 Å². The summed E-state index contributed by atoms with van der Waals surface area (Å²) in [5.74, 6) is 0.516. The molecule has 1 unspecified atom stereocenters. The van der Waals surface area contributed by atoms with E-state index >= 15 is 0 Å². The van der Waals surface area contributed by atoms with Crippen molar-refractivity contribution in [2.24, 2.45) is 11.8 Å². The number of allylic oxidation sites excluding steroid dienone is 1. The summed E-state index contributed by atoms with van der Waals surface area (Å²) in [5.41, 5.74) is 3.57. The molecule has 0 spiro atoms. The standard InChI is InChI=1S/C16H22O2Si/c1-18-16(17)15-13(10-11-19(2,3)4)14(15)12-8-6-5-7-9-12/h5-11,13-15H,1-4H3/b11-10+/t13?,14-,15-/m1/s1. The molecule has 0 heterocycles. The van der Waals surface area contributed by atoms with Crippen molar-refractivity contribution < 1.29 is 9.53 Å². The molecule has 0 aromatic heterocycles. The van der Waals surface area contributed by atoms with E-state index in [1.807, 2.05) is 18.2 Å². The number of hydrogen-bond donors (Lipinski definition) is 0. The number of carbonyl (C=O) groups is 1. The number of ether oxygens (including phenoxy) is 1. The fourth-order valence-electron chi connectivity index (χ4n) is 2.52. The average Bonchev–Trinajstić information content (AvgIpc) is 3.10. The van der Waals surface area contributed by atoms with Gasteiger partial charge in [-0.2, -0.15) is 0 Å². The second-order valence-corrected chi connectivity index (χ2v) is 11.4. The van der Waals surface area contributed by atoms with Gasteiger partial charge in [0.25, 0.3) is 0 Å². The summed E-state index contributed by atoms with van der Waals surface area (Å²) in [7, 11) is 0.256. The SMILES string of the molecule is COC(=O)[C@@H]1C(/C=C/[Si](C)(C)C)[C@H]1c1ccccc1. The minimum Gasteiger partial charge on any atom is -0.469 e. The van der Waals surface area contributed by atoms with E-state index in [9.17, 15) is 4.79 Å². The van der Waals surface area contributed by atoms with Gasteiger partial charge < -0.3 is 4.74 Å². The number of hydrogen-bond acceptors (Lipinski definition) is 2. The van der Waals surface area contributed by atoms with Gasteiger partial charge in [-0.3, -0.25) is 4.79 Å². The van der Waals surface area contributed by atoms with E-state index in [0.717, 1.165) is 0 Å². The van der Waals surface area contributed by atoms with Gasteiger partial charge in [-0.25, -0.2) is 0 Å². The maximum atomic E-state index is 11.8. The highest BCUT2D eigenvalue weighted by Gasteiger charge is 2.54. The minimum atomic E-state index is -1.22. The van der Waals surface area contributed by atoms with Crippen molar-refractivity contribution in [2.45, 2.75) is 25.6 Å². The van der Waals surface area contributed by atoms with Crippen LogP contribution in [-0.2, 0) is 9.53 Å². The summed E-state index contributed by atoms with van der Waals surface area (Å²) < 4.78 is 4.93. The second kappa shape index (κ2) is 5.33. The number of carbonyl (C=O) groups excluding carboxylic acids is 1. The van der Waals surface area contributed by atoms with Gasteiger partial charge in [0.2, 0.25) is 0 Å². The molecule has 102 valence electrons. The zero-order valence-corrected chi connectivity index (χ0v) is 13.1. The minimum absolute atomic E-state index is 0.000000000000000666. The molecule has 1 saturated carbocycles. The topological polar surface area (TPSA) is 26.3 Å². The van der Waals surface area contributed by atoms with E-state index in [4.69, 9.17) is 4.74 Å². The molecule has 0 radical (unpaired) electrons. The number of methoxy groups -OCH3 is 1. The molecule has 1 aliphatic carbocycles. The van der Waals surface area contributed by atoms with E-state index in [1.54, 1.807) is 0 Å².